The van der Waals surface area contributed by atoms with Gasteiger partial charge in [-0.25, -0.2) is 8.42 Å². The lowest BCUT2D eigenvalue weighted by atomic mass is 10.2. The number of hydrogen-bond donors (Lipinski definition) is 0. The molecule has 0 saturated carbocycles. The lowest BCUT2D eigenvalue weighted by molar-refractivity contribution is -0.139. The Bertz CT molecular complexity index is 554. The van der Waals surface area contributed by atoms with Crippen molar-refractivity contribution in [2.75, 3.05) is 6.54 Å². The molecule has 0 bridgehead atoms. The molecule has 1 aromatic rings. The van der Waals surface area contributed by atoms with Gasteiger partial charge in [-0.15, -0.1) is 0 Å². The molecule has 0 amide bonds. The van der Waals surface area contributed by atoms with Crippen LogP contribution in [-0.2, 0) is 10.0 Å². The highest BCUT2D eigenvalue weighted by atomic mass is 79.9. The van der Waals surface area contributed by atoms with Gasteiger partial charge in [0.25, 0.3) is 0 Å². The summed E-state index contributed by atoms with van der Waals surface area (Å²) in [6, 6.07) is 4.90. The Hall–Kier alpha value is -0.600. The second-order valence-electron chi connectivity index (χ2n) is 4.59. The van der Waals surface area contributed by atoms with Crippen molar-refractivity contribution < 1.29 is 21.6 Å². The highest BCUT2D eigenvalue weighted by Crippen LogP contribution is 2.27. The van der Waals surface area contributed by atoms with Gasteiger partial charge in [-0.05, 0) is 37.1 Å². The summed E-state index contributed by atoms with van der Waals surface area (Å²) in [7, 11) is -4.18. The van der Waals surface area contributed by atoms with Crippen LogP contribution in [0.3, 0.4) is 0 Å². The maximum atomic E-state index is 12.7. The van der Waals surface area contributed by atoms with E-state index < -0.39 is 28.8 Å². The van der Waals surface area contributed by atoms with Gasteiger partial charge in [0.15, 0.2) is 0 Å². The standard InChI is InChI=1S/C13H17BrF3NO2S/c1-3-11(4-2)18(9-13(15,16)17)21(19,20)12-7-5-10(14)6-8-12/h5-8,11H,3-4,9H2,1-2H3. The van der Waals surface area contributed by atoms with Crippen molar-refractivity contribution in [2.24, 2.45) is 0 Å². The van der Waals surface area contributed by atoms with Gasteiger partial charge in [0, 0.05) is 10.5 Å². The number of nitrogens with zero attached hydrogens (tertiary/aromatic N) is 1. The van der Waals surface area contributed by atoms with E-state index >= 15 is 0 Å². The van der Waals surface area contributed by atoms with Gasteiger partial charge in [0.2, 0.25) is 10.0 Å². The fraction of sp³-hybridized carbons (Fsp3) is 0.538. The highest BCUT2D eigenvalue weighted by molar-refractivity contribution is 9.10. The van der Waals surface area contributed by atoms with Gasteiger partial charge in [-0.2, -0.15) is 17.5 Å². The van der Waals surface area contributed by atoms with Crippen LogP contribution in [-0.4, -0.2) is 31.5 Å². The molecule has 3 nitrogen and oxygen atoms in total. The molecule has 0 aliphatic carbocycles. The van der Waals surface area contributed by atoms with Gasteiger partial charge in [0.05, 0.1) is 4.90 Å². The first-order valence-electron chi connectivity index (χ1n) is 6.46. The molecule has 120 valence electrons. The number of alkyl halides is 3. The van der Waals surface area contributed by atoms with Crippen LogP contribution in [0.25, 0.3) is 0 Å². The zero-order chi connectivity index (χ0) is 16.3. The number of sulfonamides is 1. The minimum absolute atomic E-state index is 0.137. The minimum atomic E-state index is -4.58. The summed E-state index contributed by atoms with van der Waals surface area (Å²) < 4.78 is 64.4. The first kappa shape index (κ1) is 18.4. The Morgan fingerprint density at radius 2 is 1.62 bits per heavy atom. The van der Waals surface area contributed by atoms with Crippen LogP contribution >= 0.6 is 15.9 Å². The van der Waals surface area contributed by atoms with Crippen molar-refractivity contribution in [3.05, 3.63) is 28.7 Å². The molecule has 0 saturated heterocycles. The summed E-state index contributed by atoms with van der Waals surface area (Å²) in [5, 5.41) is 0. The Kier molecular flexibility index (Phi) is 6.24. The maximum Gasteiger partial charge on any atom is 0.402 e. The molecule has 8 heteroatoms. The largest absolute Gasteiger partial charge is 0.402 e. The van der Waals surface area contributed by atoms with Crippen LogP contribution in [0.4, 0.5) is 13.2 Å². The van der Waals surface area contributed by atoms with Crippen molar-refractivity contribution >= 4 is 26.0 Å². The number of benzene rings is 1. The van der Waals surface area contributed by atoms with Crippen LogP contribution in [0.1, 0.15) is 26.7 Å². The van der Waals surface area contributed by atoms with E-state index in [4.69, 9.17) is 0 Å². The second kappa shape index (κ2) is 7.11. The van der Waals surface area contributed by atoms with E-state index in [2.05, 4.69) is 15.9 Å². The Labute approximate surface area is 131 Å². The van der Waals surface area contributed by atoms with E-state index in [0.717, 1.165) is 0 Å². The lowest BCUT2D eigenvalue weighted by Gasteiger charge is -2.30. The molecule has 0 aliphatic heterocycles. The third-order valence-corrected chi connectivity index (χ3v) is 5.55. The molecule has 0 aliphatic rings. The van der Waals surface area contributed by atoms with Crippen molar-refractivity contribution in [2.45, 2.75) is 43.8 Å². The fourth-order valence-corrected chi connectivity index (χ4v) is 4.05. The van der Waals surface area contributed by atoms with Crippen molar-refractivity contribution in [1.82, 2.24) is 4.31 Å². The van der Waals surface area contributed by atoms with E-state index in [9.17, 15) is 21.6 Å². The average molecular weight is 388 g/mol. The monoisotopic (exact) mass is 387 g/mol. The Morgan fingerprint density at radius 1 is 1.14 bits per heavy atom. The van der Waals surface area contributed by atoms with Gasteiger partial charge in [0.1, 0.15) is 6.54 Å². The normalized spacial score (nSPS) is 13.1. The lowest BCUT2D eigenvalue weighted by Crippen LogP contribution is -2.45. The van der Waals surface area contributed by atoms with Crippen LogP contribution in [0.15, 0.2) is 33.6 Å². The predicted molar refractivity (Wildman–Crippen MR) is 78.5 cm³/mol. The van der Waals surface area contributed by atoms with E-state index in [1.165, 1.54) is 24.3 Å². The molecule has 0 atom stereocenters. The summed E-state index contributed by atoms with van der Waals surface area (Å²) >= 11 is 3.17. The third-order valence-electron chi connectivity index (χ3n) is 3.11. The smallest absolute Gasteiger partial charge is 0.207 e. The van der Waals surface area contributed by atoms with Crippen LogP contribution < -0.4 is 0 Å². The van der Waals surface area contributed by atoms with E-state index in [1.807, 2.05) is 0 Å². The molecule has 0 fully saturated rings. The van der Waals surface area contributed by atoms with Crippen LogP contribution in [0, 0.1) is 0 Å². The molecule has 21 heavy (non-hydrogen) atoms. The molecule has 0 aromatic heterocycles. The number of hydrogen-bond acceptors (Lipinski definition) is 2. The summed E-state index contributed by atoms with van der Waals surface area (Å²) in [6.45, 7) is 1.88. The minimum Gasteiger partial charge on any atom is -0.207 e. The van der Waals surface area contributed by atoms with Crippen LogP contribution in [0.2, 0.25) is 0 Å². The first-order valence-corrected chi connectivity index (χ1v) is 8.69. The molecule has 0 radical (unpaired) electrons. The summed E-state index contributed by atoms with van der Waals surface area (Å²) in [4.78, 5) is -0.137. The van der Waals surface area contributed by atoms with Gasteiger partial charge in [-0.1, -0.05) is 29.8 Å². The number of rotatable bonds is 6. The van der Waals surface area contributed by atoms with E-state index in [-0.39, 0.29) is 4.90 Å². The Morgan fingerprint density at radius 3 is 2.00 bits per heavy atom. The average Bonchev–Trinajstić information content (AvgIpc) is 2.38. The predicted octanol–water partition coefficient (Wildman–Crippen LogP) is 4.19. The first-order chi connectivity index (χ1) is 9.61. The third kappa shape index (κ3) is 4.96. The SMILES string of the molecule is CCC(CC)N(CC(F)(F)F)S(=O)(=O)c1ccc(Br)cc1. The molecule has 1 rings (SSSR count). The molecule has 0 spiro atoms. The maximum absolute atomic E-state index is 12.7. The highest BCUT2D eigenvalue weighted by Gasteiger charge is 2.39. The Balaban J connectivity index is 3.25. The van der Waals surface area contributed by atoms with Crippen molar-refractivity contribution in [3.63, 3.8) is 0 Å². The fourth-order valence-electron chi connectivity index (χ4n) is 2.02. The summed E-state index contributed by atoms with van der Waals surface area (Å²) in [5.41, 5.74) is 0. The summed E-state index contributed by atoms with van der Waals surface area (Å²) in [5.74, 6) is 0. The van der Waals surface area contributed by atoms with Gasteiger partial charge >= 0.3 is 6.18 Å². The van der Waals surface area contributed by atoms with Gasteiger partial charge in [-0.3, -0.25) is 0 Å². The molecular weight excluding hydrogens is 371 g/mol. The second-order valence-corrected chi connectivity index (χ2v) is 7.40. The van der Waals surface area contributed by atoms with Crippen molar-refractivity contribution in [1.29, 1.82) is 0 Å². The van der Waals surface area contributed by atoms with Crippen molar-refractivity contribution in [3.8, 4) is 0 Å². The topological polar surface area (TPSA) is 37.4 Å². The molecule has 0 heterocycles. The quantitative estimate of drug-likeness (QED) is 0.733. The molecule has 1 aromatic carbocycles. The van der Waals surface area contributed by atoms with Crippen LogP contribution in [0.5, 0.6) is 0 Å². The molecule has 0 unspecified atom stereocenters. The van der Waals surface area contributed by atoms with E-state index in [0.29, 0.717) is 21.6 Å². The van der Waals surface area contributed by atoms with E-state index in [1.54, 1.807) is 13.8 Å². The molecular formula is C13H17BrF3NO2S. The van der Waals surface area contributed by atoms with Gasteiger partial charge < -0.3 is 0 Å². The summed E-state index contributed by atoms with van der Waals surface area (Å²) in [6.07, 6.45) is -3.93. The number of halogens is 4. The zero-order valence-electron chi connectivity index (χ0n) is 11.7. The zero-order valence-corrected chi connectivity index (χ0v) is 14.1. The molecule has 0 N–H and O–H groups in total.